The third kappa shape index (κ3) is 8.70. The van der Waals surface area contributed by atoms with E-state index in [2.05, 4.69) is 47.3 Å². The molecule has 0 spiro atoms. The Kier molecular flexibility index (Phi) is 15.4. The van der Waals surface area contributed by atoms with Crippen LogP contribution in [0.4, 0.5) is 0 Å². The second-order valence-electron chi connectivity index (χ2n) is 4.71. The van der Waals surface area contributed by atoms with Crippen molar-refractivity contribution in [1.82, 2.24) is 0 Å². The Morgan fingerprint density at radius 2 is 1.53 bits per heavy atom. The molecule has 0 saturated carbocycles. The van der Waals surface area contributed by atoms with Gasteiger partial charge in [0.25, 0.3) is 0 Å². The maximum absolute atomic E-state index is 9.60. The summed E-state index contributed by atoms with van der Waals surface area (Å²) in [7, 11) is 0. The SMILES string of the molecule is C=C(C)C(=O)O.CC1=[C-]C(C)(C)C(C)=C1C.[Cl-].[Cl-].[Ti+3]. The summed E-state index contributed by atoms with van der Waals surface area (Å²) in [6.45, 7) is 15.5. The van der Waals surface area contributed by atoms with Crippen molar-refractivity contribution >= 4 is 5.97 Å². The summed E-state index contributed by atoms with van der Waals surface area (Å²) < 4.78 is 0. The molecule has 0 aliphatic heterocycles. The molecule has 0 unspecified atom stereocenters. The van der Waals surface area contributed by atoms with Gasteiger partial charge in [-0.05, 0) is 6.92 Å². The third-order valence-corrected chi connectivity index (χ3v) is 2.93. The van der Waals surface area contributed by atoms with Gasteiger partial charge >= 0.3 is 27.7 Å². The molecule has 0 aromatic carbocycles. The van der Waals surface area contributed by atoms with E-state index < -0.39 is 5.97 Å². The minimum atomic E-state index is -0.935. The molecule has 2 nitrogen and oxygen atoms in total. The first-order chi connectivity index (χ1) is 7.09. The topological polar surface area (TPSA) is 37.3 Å². The molecule has 19 heavy (non-hydrogen) atoms. The molecule has 1 rings (SSSR count). The molecule has 0 amide bonds. The van der Waals surface area contributed by atoms with Crippen molar-refractivity contribution in [2.75, 3.05) is 0 Å². The fraction of sp³-hybridized carbons (Fsp3) is 0.500. The van der Waals surface area contributed by atoms with Gasteiger partial charge in [-0.2, -0.15) is 11.1 Å². The van der Waals surface area contributed by atoms with Gasteiger partial charge in [0.15, 0.2) is 0 Å². The zero-order valence-corrected chi connectivity index (χ0v) is 15.4. The number of aliphatic carboxylic acids is 1. The van der Waals surface area contributed by atoms with Crippen LogP contribution in [-0.4, -0.2) is 11.1 Å². The first-order valence-corrected chi connectivity index (χ1v) is 5.28. The van der Waals surface area contributed by atoms with Crippen LogP contribution in [0, 0.1) is 11.5 Å². The number of hydrogen-bond acceptors (Lipinski definition) is 1. The van der Waals surface area contributed by atoms with E-state index in [0.29, 0.717) is 0 Å². The van der Waals surface area contributed by atoms with Gasteiger partial charge in [0.2, 0.25) is 0 Å². The number of halogens is 2. The first kappa shape index (κ1) is 27.3. The van der Waals surface area contributed by atoms with Crippen molar-refractivity contribution in [2.24, 2.45) is 5.41 Å². The molecule has 0 aromatic heterocycles. The summed E-state index contributed by atoms with van der Waals surface area (Å²) in [6.07, 6.45) is 3.44. The quantitative estimate of drug-likeness (QED) is 0.333. The van der Waals surface area contributed by atoms with E-state index >= 15 is 0 Å². The smallest absolute Gasteiger partial charge is 1.00 e. The number of carboxylic acid groups (broad SMARTS) is 1. The van der Waals surface area contributed by atoms with E-state index in [0.717, 1.165) is 0 Å². The summed E-state index contributed by atoms with van der Waals surface area (Å²) in [6, 6.07) is 0. The molecule has 1 radical (unpaired) electrons. The fourth-order valence-corrected chi connectivity index (χ4v) is 1.41. The maximum Gasteiger partial charge on any atom is 3.00 e. The number of allylic oxidation sites excluding steroid dienone is 4. The number of carbonyl (C=O) groups is 1. The third-order valence-electron chi connectivity index (χ3n) is 2.93. The average Bonchev–Trinajstić information content (AvgIpc) is 2.30. The monoisotopic (exact) mass is 339 g/mol. The van der Waals surface area contributed by atoms with Crippen LogP contribution in [-0.2, 0) is 26.5 Å². The van der Waals surface area contributed by atoms with Gasteiger partial charge in [-0.3, -0.25) is 6.08 Å². The van der Waals surface area contributed by atoms with Gasteiger partial charge < -0.3 is 29.9 Å². The van der Waals surface area contributed by atoms with Crippen molar-refractivity contribution in [3.63, 3.8) is 0 Å². The van der Waals surface area contributed by atoms with Gasteiger partial charge in [-0.25, -0.2) is 10.4 Å². The summed E-state index contributed by atoms with van der Waals surface area (Å²) in [5.74, 6) is -0.935. The van der Waals surface area contributed by atoms with Gasteiger partial charge in [0, 0.05) is 5.57 Å². The number of carboxylic acids is 1. The zero-order chi connectivity index (χ0) is 13.1. The first-order valence-electron chi connectivity index (χ1n) is 5.28. The van der Waals surface area contributed by atoms with Crippen molar-refractivity contribution in [1.29, 1.82) is 0 Å². The summed E-state index contributed by atoms with van der Waals surface area (Å²) in [5.41, 5.74) is 4.57. The van der Waals surface area contributed by atoms with Crippen LogP contribution < -0.4 is 24.8 Å². The molecule has 0 bridgehead atoms. The Hall–Kier alpha value is -0.0157. The fourth-order valence-electron chi connectivity index (χ4n) is 1.41. The van der Waals surface area contributed by atoms with Crippen LogP contribution in [0.3, 0.4) is 0 Å². The predicted molar refractivity (Wildman–Crippen MR) is 67.0 cm³/mol. The molecule has 0 heterocycles. The van der Waals surface area contributed by atoms with Crippen molar-refractivity contribution in [3.8, 4) is 0 Å². The Labute approximate surface area is 144 Å². The number of hydrogen-bond donors (Lipinski definition) is 1. The zero-order valence-electron chi connectivity index (χ0n) is 12.3. The largest absolute Gasteiger partial charge is 3.00 e. The van der Waals surface area contributed by atoms with Gasteiger partial charge in [0.05, 0.1) is 0 Å². The predicted octanol–water partition coefficient (Wildman–Crippen LogP) is -2.24. The standard InChI is InChI=1S/C10H15.C4H6O2.2ClH.Ti/c1-7-6-10(4,5)9(3)8(7)2;1-3(2)4(5)6;;;/h1-5H3;1H2,2H3,(H,5,6);2*1H;/q-1;;;;+3/p-2. The summed E-state index contributed by atoms with van der Waals surface area (Å²) in [4.78, 5) is 9.60. The van der Waals surface area contributed by atoms with Gasteiger partial charge in [-0.15, -0.1) is 6.92 Å². The van der Waals surface area contributed by atoms with Crippen molar-refractivity contribution < 1.29 is 56.4 Å². The minimum absolute atomic E-state index is 0. The van der Waals surface area contributed by atoms with Crippen LogP contribution in [0.1, 0.15) is 41.5 Å². The van der Waals surface area contributed by atoms with Crippen LogP contribution in [0.5, 0.6) is 0 Å². The molecule has 1 aliphatic carbocycles. The molecular formula is C14H21Cl2O2Ti. The minimum Gasteiger partial charge on any atom is -1.00 e. The van der Waals surface area contributed by atoms with Crippen molar-refractivity contribution in [2.45, 2.75) is 41.5 Å². The Balaban J connectivity index is -0.000000112. The molecule has 107 valence electrons. The molecular weight excluding hydrogens is 319 g/mol. The second kappa shape index (κ2) is 10.7. The normalized spacial score (nSPS) is 14.7. The Bertz CT molecular complexity index is 371. The second-order valence-corrected chi connectivity index (χ2v) is 4.71. The van der Waals surface area contributed by atoms with E-state index in [-0.39, 0.29) is 57.5 Å². The Morgan fingerprint density at radius 3 is 1.58 bits per heavy atom. The molecule has 1 aliphatic rings. The van der Waals surface area contributed by atoms with Crippen molar-refractivity contribution in [3.05, 3.63) is 34.9 Å². The Morgan fingerprint density at radius 1 is 1.21 bits per heavy atom. The summed E-state index contributed by atoms with van der Waals surface area (Å²) >= 11 is 0. The van der Waals surface area contributed by atoms with E-state index in [1.54, 1.807) is 0 Å². The molecule has 0 fully saturated rings. The van der Waals surface area contributed by atoms with E-state index in [1.165, 1.54) is 23.6 Å². The average molecular weight is 340 g/mol. The van der Waals surface area contributed by atoms with Crippen LogP contribution in [0.25, 0.3) is 0 Å². The molecule has 0 aromatic rings. The van der Waals surface area contributed by atoms with Crippen LogP contribution in [0.2, 0.25) is 0 Å². The van der Waals surface area contributed by atoms with E-state index in [1.807, 2.05) is 0 Å². The molecule has 0 saturated heterocycles. The van der Waals surface area contributed by atoms with Crippen LogP contribution in [0.15, 0.2) is 28.9 Å². The van der Waals surface area contributed by atoms with Gasteiger partial charge in [0.1, 0.15) is 0 Å². The van der Waals surface area contributed by atoms with E-state index in [9.17, 15) is 4.79 Å². The van der Waals surface area contributed by atoms with Gasteiger partial charge in [-0.1, -0.05) is 39.7 Å². The maximum atomic E-state index is 9.60. The molecule has 5 heteroatoms. The molecule has 0 atom stereocenters. The van der Waals surface area contributed by atoms with Crippen LogP contribution >= 0.6 is 0 Å². The number of rotatable bonds is 1. The summed E-state index contributed by atoms with van der Waals surface area (Å²) in [5, 5.41) is 7.89. The molecule has 1 N–H and O–H groups in total. The van der Waals surface area contributed by atoms with E-state index in [4.69, 9.17) is 5.11 Å².